The zero-order chi connectivity index (χ0) is 19.8. The lowest BCUT2D eigenvalue weighted by Gasteiger charge is -2.23. The van der Waals surface area contributed by atoms with E-state index in [1.54, 1.807) is 7.05 Å². The number of likely N-dealkylation sites (N-methyl/N-ethyl adjacent to an activating group) is 1. The number of benzene rings is 1. The van der Waals surface area contributed by atoms with Gasteiger partial charge in [-0.2, -0.15) is 0 Å². The molecule has 1 aliphatic rings. The van der Waals surface area contributed by atoms with Crippen molar-refractivity contribution in [2.45, 2.75) is 19.0 Å². The number of nitrogens with zero attached hydrogens (tertiary/aromatic N) is 2. The minimum atomic E-state index is -1.78. The number of rotatable bonds is 5. The van der Waals surface area contributed by atoms with E-state index in [9.17, 15) is 23.2 Å². The average molecular weight is 393 g/mol. The van der Waals surface area contributed by atoms with Gasteiger partial charge in [-0.25, -0.2) is 13.6 Å². The van der Waals surface area contributed by atoms with Crippen molar-refractivity contribution in [2.75, 3.05) is 13.6 Å². The van der Waals surface area contributed by atoms with Gasteiger partial charge in [0.1, 0.15) is 23.7 Å². The first kappa shape index (κ1) is 19.0. The van der Waals surface area contributed by atoms with Gasteiger partial charge in [-0.3, -0.25) is 14.5 Å². The summed E-state index contributed by atoms with van der Waals surface area (Å²) in [6, 6.07) is 5.56. The van der Waals surface area contributed by atoms with E-state index in [2.05, 4.69) is 5.32 Å². The van der Waals surface area contributed by atoms with E-state index >= 15 is 0 Å². The van der Waals surface area contributed by atoms with Crippen LogP contribution in [0.2, 0.25) is 0 Å². The highest BCUT2D eigenvalue weighted by molar-refractivity contribution is 7.09. The second-order valence-corrected chi connectivity index (χ2v) is 7.43. The van der Waals surface area contributed by atoms with E-state index in [1.165, 1.54) is 23.2 Å². The van der Waals surface area contributed by atoms with Crippen LogP contribution >= 0.6 is 11.3 Å². The van der Waals surface area contributed by atoms with Gasteiger partial charge in [0.2, 0.25) is 5.91 Å². The topological polar surface area (TPSA) is 69.7 Å². The van der Waals surface area contributed by atoms with Crippen molar-refractivity contribution in [1.82, 2.24) is 15.1 Å². The molecule has 4 amide bonds. The second kappa shape index (κ2) is 7.07. The normalized spacial score (nSPS) is 19.3. The Morgan fingerprint density at radius 1 is 1.30 bits per heavy atom. The summed E-state index contributed by atoms with van der Waals surface area (Å²) in [6.45, 7) is 1.14. The van der Waals surface area contributed by atoms with Crippen LogP contribution in [0.5, 0.6) is 0 Å². The molecule has 1 N–H and O–H groups in total. The number of nitrogens with one attached hydrogen (secondary N) is 1. The monoisotopic (exact) mass is 393 g/mol. The third-order valence-corrected chi connectivity index (χ3v) is 5.30. The zero-order valence-electron chi connectivity index (χ0n) is 14.7. The minimum Gasteiger partial charge on any atom is -0.339 e. The molecule has 2 heterocycles. The lowest BCUT2D eigenvalue weighted by Crippen LogP contribution is -2.44. The van der Waals surface area contributed by atoms with Crippen LogP contribution in [0.15, 0.2) is 35.7 Å². The van der Waals surface area contributed by atoms with Gasteiger partial charge in [-0.15, -0.1) is 11.3 Å². The fraction of sp³-hybridized carbons (Fsp3) is 0.278. The summed E-state index contributed by atoms with van der Waals surface area (Å²) in [5.74, 6) is -2.82. The molecule has 1 atom stereocenters. The maximum atomic E-state index is 14.1. The first-order valence-corrected chi connectivity index (χ1v) is 8.96. The fourth-order valence-corrected chi connectivity index (χ4v) is 3.64. The maximum absolute atomic E-state index is 14.1. The number of hydrogen-bond acceptors (Lipinski definition) is 4. The summed E-state index contributed by atoms with van der Waals surface area (Å²) in [5, 5.41) is 4.25. The van der Waals surface area contributed by atoms with Crippen molar-refractivity contribution < 1.29 is 23.2 Å². The van der Waals surface area contributed by atoms with E-state index in [0.717, 1.165) is 28.0 Å². The molecular weight excluding hydrogens is 376 g/mol. The number of carbonyl (C=O) groups excluding carboxylic acids is 3. The molecule has 1 saturated heterocycles. The molecule has 27 heavy (non-hydrogen) atoms. The van der Waals surface area contributed by atoms with Crippen LogP contribution < -0.4 is 5.32 Å². The lowest BCUT2D eigenvalue weighted by atomic mass is 9.91. The zero-order valence-corrected chi connectivity index (χ0v) is 15.5. The van der Waals surface area contributed by atoms with E-state index in [-0.39, 0.29) is 5.56 Å². The van der Waals surface area contributed by atoms with Crippen LogP contribution in [0.4, 0.5) is 13.6 Å². The van der Waals surface area contributed by atoms with Crippen molar-refractivity contribution in [2.24, 2.45) is 0 Å². The van der Waals surface area contributed by atoms with Crippen LogP contribution in [0.1, 0.15) is 17.4 Å². The van der Waals surface area contributed by atoms with Crippen LogP contribution in [0.3, 0.4) is 0 Å². The summed E-state index contributed by atoms with van der Waals surface area (Å²) in [6.07, 6.45) is 0. The third kappa shape index (κ3) is 3.55. The van der Waals surface area contributed by atoms with E-state index in [0.29, 0.717) is 6.54 Å². The standard InChI is InChI=1S/C18H17F2N3O3S/c1-18(13-8-11(19)5-6-14(13)20)16(25)23(17(26)21-18)10-15(24)22(2)9-12-4-3-7-27-12/h3-8H,9-10H2,1-2H3,(H,21,26). The number of thiophene rings is 1. The summed E-state index contributed by atoms with van der Waals surface area (Å²) >= 11 is 1.48. The Bertz CT molecular complexity index is 903. The summed E-state index contributed by atoms with van der Waals surface area (Å²) in [7, 11) is 1.56. The van der Waals surface area contributed by atoms with Gasteiger partial charge in [-0.1, -0.05) is 6.07 Å². The smallest absolute Gasteiger partial charge is 0.325 e. The molecule has 1 fully saturated rings. The average Bonchev–Trinajstić information content (AvgIpc) is 3.20. The van der Waals surface area contributed by atoms with Crippen LogP contribution in [0.25, 0.3) is 0 Å². The highest BCUT2D eigenvalue weighted by atomic mass is 32.1. The van der Waals surface area contributed by atoms with Gasteiger partial charge < -0.3 is 10.2 Å². The number of urea groups is 1. The van der Waals surface area contributed by atoms with Gasteiger partial charge in [0.05, 0.1) is 6.54 Å². The molecule has 1 aliphatic heterocycles. The Balaban J connectivity index is 1.77. The fourth-order valence-electron chi connectivity index (χ4n) is 2.88. The molecular formula is C18H17F2N3O3S. The van der Waals surface area contributed by atoms with Crippen molar-refractivity contribution >= 4 is 29.2 Å². The van der Waals surface area contributed by atoms with E-state index in [1.807, 2.05) is 17.5 Å². The molecule has 9 heteroatoms. The number of hydrogen-bond donors (Lipinski definition) is 1. The Kier molecular flexibility index (Phi) is 4.97. The highest BCUT2D eigenvalue weighted by Crippen LogP contribution is 2.31. The predicted molar refractivity (Wildman–Crippen MR) is 94.7 cm³/mol. The molecule has 1 aromatic carbocycles. The quantitative estimate of drug-likeness (QED) is 0.794. The van der Waals surface area contributed by atoms with Gasteiger partial charge >= 0.3 is 6.03 Å². The lowest BCUT2D eigenvalue weighted by molar-refractivity contribution is -0.138. The van der Waals surface area contributed by atoms with Crippen LogP contribution in [0, 0.1) is 11.6 Å². The SMILES string of the molecule is CN(Cc1cccs1)C(=O)CN1C(=O)NC(C)(c2cc(F)ccc2F)C1=O. The molecule has 1 unspecified atom stereocenters. The van der Waals surface area contributed by atoms with Crippen molar-refractivity contribution in [3.05, 3.63) is 57.8 Å². The Morgan fingerprint density at radius 3 is 2.70 bits per heavy atom. The molecule has 0 spiro atoms. The Morgan fingerprint density at radius 2 is 2.04 bits per heavy atom. The third-order valence-electron chi connectivity index (χ3n) is 4.43. The van der Waals surface area contributed by atoms with Crippen molar-refractivity contribution in [3.63, 3.8) is 0 Å². The molecule has 3 rings (SSSR count). The van der Waals surface area contributed by atoms with Gasteiger partial charge in [0, 0.05) is 17.5 Å². The largest absolute Gasteiger partial charge is 0.339 e. The molecule has 0 saturated carbocycles. The molecule has 2 aromatic rings. The van der Waals surface area contributed by atoms with Gasteiger partial charge in [0.15, 0.2) is 0 Å². The van der Waals surface area contributed by atoms with Crippen LogP contribution in [-0.2, 0) is 21.7 Å². The summed E-state index contributed by atoms with van der Waals surface area (Å²) < 4.78 is 27.7. The Labute approximate surface area is 158 Å². The van der Waals surface area contributed by atoms with Gasteiger partial charge in [0.25, 0.3) is 5.91 Å². The maximum Gasteiger partial charge on any atom is 0.325 e. The molecule has 6 nitrogen and oxygen atoms in total. The van der Waals surface area contributed by atoms with Crippen molar-refractivity contribution in [1.29, 1.82) is 0 Å². The molecule has 142 valence electrons. The predicted octanol–water partition coefficient (Wildman–Crippen LogP) is 2.45. The second-order valence-electron chi connectivity index (χ2n) is 6.40. The van der Waals surface area contributed by atoms with Gasteiger partial charge in [-0.05, 0) is 36.6 Å². The molecule has 1 aromatic heterocycles. The number of amides is 4. The molecule has 0 bridgehead atoms. The summed E-state index contributed by atoms with van der Waals surface area (Å²) in [5.41, 5.74) is -2.07. The molecule has 0 radical (unpaired) electrons. The van der Waals surface area contributed by atoms with E-state index in [4.69, 9.17) is 0 Å². The first-order chi connectivity index (χ1) is 12.7. The number of imide groups is 1. The van der Waals surface area contributed by atoms with E-state index < -0.39 is 41.6 Å². The number of carbonyl (C=O) groups is 3. The number of halogens is 2. The highest BCUT2D eigenvalue weighted by Gasteiger charge is 2.51. The van der Waals surface area contributed by atoms with Crippen LogP contribution in [-0.4, -0.2) is 41.2 Å². The van der Waals surface area contributed by atoms with Crippen molar-refractivity contribution in [3.8, 4) is 0 Å². The molecule has 0 aliphatic carbocycles. The summed E-state index contributed by atoms with van der Waals surface area (Å²) in [4.78, 5) is 40.5. The Hall–Kier alpha value is -2.81. The first-order valence-electron chi connectivity index (χ1n) is 8.08. The minimum absolute atomic E-state index is 0.289.